The third-order valence-electron chi connectivity index (χ3n) is 15.9. The first kappa shape index (κ1) is 60.1. The number of aromatic nitrogens is 9. The number of halogens is 3. The molecular formula is C66H66F3N15O3. The van der Waals surface area contributed by atoms with Crippen molar-refractivity contribution in [3.8, 4) is 33.8 Å². The third kappa shape index (κ3) is 14.9. The lowest BCUT2D eigenvalue weighted by molar-refractivity contribution is -0.130. The van der Waals surface area contributed by atoms with Gasteiger partial charge in [0.05, 0.1) is 76.2 Å². The van der Waals surface area contributed by atoms with Gasteiger partial charge in [0.1, 0.15) is 29.1 Å². The van der Waals surface area contributed by atoms with Crippen LogP contribution in [0, 0.1) is 38.2 Å². The zero-order valence-electron chi connectivity index (χ0n) is 48.5. The number of likely N-dealkylation sites (tertiary alicyclic amines) is 3. The maximum atomic E-state index is 13.4. The van der Waals surface area contributed by atoms with Crippen molar-refractivity contribution in [2.24, 2.45) is 0 Å². The molecule has 6 aromatic heterocycles. The van der Waals surface area contributed by atoms with Gasteiger partial charge in [0.25, 0.3) is 0 Å². The SMILES string of the molecule is Cc1cc(F)ccc1-c1ccc(N)c(CC(=O)N2CCC(c3cccnn3)C2)n1.Cc1cc(F)ccc1-c1ccc(N)c(CC(=O)N2CCC(c3ncccn3)C2)n1.Cc1cc(F)ccc1-c1ccc(N)c(CC(=O)N2CC[C@@H](c3ncccn3)C2)n1. The summed E-state index contributed by atoms with van der Waals surface area (Å²) in [6, 6.07) is 31.7. The highest BCUT2D eigenvalue weighted by atomic mass is 19.1. The average Bonchev–Trinajstić information content (AvgIpc) is 3.95. The molecule has 0 radical (unpaired) electrons. The first-order chi connectivity index (χ1) is 42.0. The van der Waals surface area contributed by atoms with Crippen LogP contribution in [-0.2, 0) is 33.6 Å². The van der Waals surface area contributed by atoms with Gasteiger partial charge in [0.2, 0.25) is 17.7 Å². The number of nitrogens with zero attached hydrogens (tertiary/aromatic N) is 12. The molecule has 3 aliphatic heterocycles. The number of hydrogen-bond acceptors (Lipinski definition) is 15. The van der Waals surface area contributed by atoms with E-state index in [9.17, 15) is 27.6 Å². The van der Waals surface area contributed by atoms with E-state index in [4.69, 9.17) is 17.2 Å². The summed E-state index contributed by atoms with van der Waals surface area (Å²) >= 11 is 0. The second-order valence-electron chi connectivity index (χ2n) is 21.9. The van der Waals surface area contributed by atoms with Crippen LogP contribution >= 0.6 is 0 Å². The van der Waals surface area contributed by atoms with Crippen LogP contribution in [0.5, 0.6) is 0 Å². The molecule has 12 rings (SSSR count). The summed E-state index contributed by atoms with van der Waals surface area (Å²) < 4.78 is 40.2. The smallest absolute Gasteiger partial charge is 0.228 e. The van der Waals surface area contributed by atoms with Crippen LogP contribution in [0.2, 0.25) is 0 Å². The standard InChI is InChI=1S/3C22H22FN5O/c2*1-14-11-16(23)3-4-17(14)19-6-5-18(24)20(27-19)12-21(29)28-10-7-15(13-28)22-25-8-2-9-26-22;1-14-11-16(23)4-5-17(14)20-7-6-18(24)21(26-20)12-22(29)28-10-8-15(13-28)19-3-2-9-25-27-19/h2*2-6,8-9,11,15H,7,10,12-13,24H2,1H3;2-7,9,11,15H,8,10,12-13,24H2,1H3/t15-;;/m1../s1. The number of amides is 3. The van der Waals surface area contributed by atoms with Crippen LogP contribution in [0.15, 0.2) is 146 Å². The number of nitrogens with two attached hydrogens (primary N) is 3. The maximum Gasteiger partial charge on any atom is 0.228 e. The normalized spacial score (nSPS) is 16.2. The zero-order valence-corrected chi connectivity index (χ0v) is 48.5. The molecule has 18 nitrogen and oxygen atoms in total. The molecular weight excluding hydrogens is 1110 g/mol. The molecule has 0 aliphatic carbocycles. The lowest BCUT2D eigenvalue weighted by atomic mass is 10.0. The number of pyridine rings is 3. The van der Waals surface area contributed by atoms with Gasteiger partial charge in [-0.3, -0.25) is 29.3 Å². The van der Waals surface area contributed by atoms with E-state index in [0.29, 0.717) is 90.5 Å². The number of nitrogen functional groups attached to an aromatic ring is 3. The van der Waals surface area contributed by atoms with Gasteiger partial charge in [0, 0.05) is 105 Å². The second-order valence-corrected chi connectivity index (χ2v) is 21.9. The minimum atomic E-state index is -0.289. The average molecular weight is 1170 g/mol. The fourth-order valence-electron chi connectivity index (χ4n) is 11.1. The topological polar surface area (TPSA) is 255 Å². The molecule has 0 bridgehead atoms. The third-order valence-corrected chi connectivity index (χ3v) is 15.9. The van der Waals surface area contributed by atoms with Crippen molar-refractivity contribution in [3.63, 3.8) is 0 Å². The van der Waals surface area contributed by atoms with E-state index in [0.717, 1.165) is 70.0 Å². The molecule has 3 atom stereocenters. The van der Waals surface area contributed by atoms with Crippen LogP contribution < -0.4 is 17.2 Å². The number of carbonyl (C=O) groups excluding carboxylic acids is 3. The van der Waals surface area contributed by atoms with Gasteiger partial charge in [-0.2, -0.15) is 10.2 Å². The predicted molar refractivity (Wildman–Crippen MR) is 325 cm³/mol. The van der Waals surface area contributed by atoms with Gasteiger partial charge in [-0.15, -0.1) is 0 Å². The van der Waals surface area contributed by atoms with Gasteiger partial charge in [0.15, 0.2) is 0 Å². The van der Waals surface area contributed by atoms with Crippen molar-refractivity contribution >= 4 is 34.8 Å². The first-order valence-electron chi connectivity index (χ1n) is 28.7. The number of anilines is 3. The van der Waals surface area contributed by atoms with Crippen LogP contribution in [0.25, 0.3) is 33.8 Å². The van der Waals surface area contributed by atoms with Gasteiger partial charge in [-0.05, 0) is 172 Å². The molecule has 9 heterocycles. The Hall–Kier alpha value is -10.1. The van der Waals surface area contributed by atoms with Crippen LogP contribution in [0.4, 0.5) is 30.2 Å². The molecule has 0 spiro atoms. The molecule has 3 amide bonds. The number of hydrogen-bond donors (Lipinski definition) is 3. The number of benzene rings is 3. The number of rotatable bonds is 12. The van der Waals surface area contributed by atoms with E-state index >= 15 is 0 Å². The second kappa shape index (κ2) is 27.3. The van der Waals surface area contributed by atoms with E-state index in [-0.39, 0.29) is 72.2 Å². The number of aryl methyl sites for hydroxylation is 3. The lowest BCUT2D eigenvalue weighted by Gasteiger charge is -2.17. The van der Waals surface area contributed by atoms with Crippen molar-refractivity contribution in [1.82, 2.24) is 59.8 Å². The highest BCUT2D eigenvalue weighted by molar-refractivity contribution is 5.82. The molecule has 21 heteroatoms. The molecule has 444 valence electrons. The van der Waals surface area contributed by atoms with Gasteiger partial charge < -0.3 is 31.9 Å². The highest BCUT2D eigenvalue weighted by Gasteiger charge is 2.32. The molecule has 6 N–H and O–H groups in total. The predicted octanol–water partition coefficient (Wildman–Crippen LogP) is 9.38. The molecule has 3 fully saturated rings. The Kier molecular flexibility index (Phi) is 18.9. The van der Waals surface area contributed by atoms with Crippen LogP contribution in [0.3, 0.4) is 0 Å². The Bertz CT molecular complexity index is 3520. The summed E-state index contributed by atoms with van der Waals surface area (Å²) in [5.74, 6) is 1.14. The minimum absolute atomic E-state index is 0.0106. The summed E-state index contributed by atoms with van der Waals surface area (Å²) in [7, 11) is 0. The van der Waals surface area contributed by atoms with Crippen molar-refractivity contribution in [2.45, 2.75) is 77.0 Å². The Morgan fingerprint density at radius 2 is 0.793 bits per heavy atom. The molecule has 3 saturated heterocycles. The fraction of sp³-hybridized carbons (Fsp3) is 0.273. The Morgan fingerprint density at radius 3 is 1.13 bits per heavy atom. The van der Waals surface area contributed by atoms with E-state index in [1.54, 1.807) is 97.7 Å². The molecule has 3 aliphatic rings. The summed E-state index contributed by atoms with van der Waals surface area (Å²) in [5, 5.41) is 8.09. The summed E-state index contributed by atoms with van der Waals surface area (Å²) in [4.78, 5) is 75.0. The Labute approximate surface area is 502 Å². The first-order valence-corrected chi connectivity index (χ1v) is 28.7. The number of carbonyl (C=O) groups is 3. The largest absolute Gasteiger partial charge is 0.397 e. The molecule has 87 heavy (non-hydrogen) atoms. The van der Waals surface area contributed by atoms with Crippen LogP contribution in [-0.4, -0.2) is 117 Å². The highest BCUT2D eigenvalue weighted by Crippen LogP contribution is 2.32. The summed E-state index contributed by atoms with van der Waals surface area (Å²) in [6.45, 7) is 9.31. The van der Waals surface area contributed by atoms with E-state index in [1.807, 2.05) is 47.6 Å². The van der Waals surface area contributed by atoms with Crippen molar-refractivity contribution in [3.05, 3.63) is 215 Å². The molecule has 2 unspecified atom stereocenters. The summed E-state index contributed by atoms with van der Waals surface area (Å²) in [5.41, 5.74) is 29.1. The monoisotopic (exact) mass is 1170 g/mol. The molecule has 3 aromatic carbocycles. The Balaban J connectivity index is 0.000000144. The Morgan fingerprint density at radius 1 is 0.448 bits per heavy atom. The van der Waals surface area contributed by atoms with Gasteiger partial charge >= 0.3 is 0 Å². The molecule has 0 saturated carbocycles. The maximum absolute atomic E-state index is 13.4. The van der Waals surface area contributed by atoms with Crippen molar-refractivity contribution in [1.29, 1.82) is 0 Å². The summed E-state index contributed by atoms with van der Waals surface area (Å²) in [6.07, 6.45) is 11.5. The molecule has 9 aromatic rings. The van der Waals surface area contributed by atoms with E-state index < -0.39 is 0 Å². The zero-order chi connectivity index (χ0) is 61.1. The van der Waals surface area contributed by atoms with E-state index in [1.165, 1.54) is 36.4 Å². The van der Waals surface area contributed by atoms with E-state index in [2.05, 4.69) is 45.1 Å². The van der Waals surface area contributed by atoms with Gasteiger partial charge in [-0.1, -0.05) is 0 Å². The quantitative estimate of drug-likeness (QED) is 0.103. The van der Waals surface area contributed by atoms with Crippen molar-refractivity contribution < 1.29 is 27.6 Å². The van der Waals surface area contributed by atoms with Crippen molar-refractivity contribution in [2.75, 3.05) is 56.5 Å². The van der Waals surface area contributed by atoms with Gasteiger partial charge in [-0.25, -0.2) is 33.1 Å². The lowest BCUT2D eigenvalue weighted by Crippen LogP contribution is -2.30. The minimum Gasteiger partial charge on any atom is -0.397 e. The fourth-order valence-corrected chi connectivity index (χ4v) is 11.1. The van der Waals surface area contributed by atoms with Crippen LogP contribution in [0.1, 0.15) is 88.1 Å².